The summed E-state index contributed by atoms with van der Waals surface area (Å²) in [5.74, 6) is 0.997. The molecule has 0 amide bonds. The molecule has 6 N–H and O–H groups in total. The molecule has 10 heteroatoms. The molecule has 0 bridgehead atoms. The zero-order chi connectivity index (χ0) is 23.8. The standard InChI is InChI=1S/C23H27N5O4S/c1-3-31-19-9-14(8-16-12-27-23(26)28-22(16)25)10-20(32-33(29,30)17-6-7-17)21(19)15-5-4-13(2)18(24)11-15/h4-5,9-12,17H,3,6-8,24H2,1-2H3,(H4,25,26,27,28). The molecule has 1 saturated carbocycles. The second-order valence-electron chi connectivity index (χ2n) is 8.06. The van der Waals surface area contributed by atoms with Gasteiger partial charge in [-0.25, -0.2) is 4.98 Å². The Kier molecular flexibility index (Phi) is 6.03. The fraction of sp³-hybridized carbons (Fsp3) is 0.304. The maximum absolute atomic E-state index is 12.8. The highest BCUT2D eigenvalue weighted by molar-refractivity contribution is 7.88. The van der Waals surface area contributed by atoms with Crippen LogP contribution in [0.25, 0.3) is 11.1 Å². The van der Waals surface area contributed by atoms with Gasteiger partial charge in [-0.1, -0.05) is 12.1 Å². The predicted octanol–water partition coefficient (Wildman–Crippen LogP) is 3.06. The van der Waals surface area contributed by atoms with Gasteiger partial charge in [-0.3, -0.25) is 0 Å². The smallest absolute Gasteiger partial charge is 0.312 e. The first kappa shape index (κ1) is 22.7. The van der Waals surface area contributed by atoms with Crippen LogP contribution in [0.4, 0.5) is 17.5 Å². The average molecular weight is 470 g/mol. The molecule has 0 atom stereocenters. The number of aryl methyl sites for hydroxylation is 1. The molecule has 2 aromatic carbocycles. The molecule has 3 aromatic rings. The molecule has 4 rings (SSSR count). The lowest BCUT2D eigenvalue weighted by molar-refractivity contribution is 0.340. The van der Waals surface area contributed by atoms with E-state index >= 15 is 0 Å². The summed E-state index contributed by atoms with van der Waals surface area (Å²) in [5, 5.41) is -0.492. The molecule has 1 heterocycles. The second kappa shape index (κ2) is 8.78. The van der Waals surface area contributed by atoms with Crippen molar-refractivity contribution >= 4 is 27.6 Å². The Morgan fingerprint density at radius 2 is 1.82 bits per heavy atom. The van der Waals surface area contributed by atoms with Crippen LogP contribution in [-0.2, 0) is 16.5 Å². The number of nitrogens with zero attached hydrogens (tertiary/aromatic N) is 2. The molecule has 33 heavy (non-hydrogen) atoms. The molecular formula is C23H27N5O4S. The van der Waals surface area contributed by atoms with Gasteiger partial charge in [0.15, 0.2) is 5.75 Å². The molecule has 1 fully saturated rings. The van der Waals surface area contributed by atoms with E-state index in [1.54, 1.807) is 18.3 Å². The first-order valence-corrected chi connectivity index (χ1v) is 12.1. The number of aromatic nitrogens is 2. The van der Waals surface area contributed by atoms with Crippen molar-refractivity contribution in [3.63, 3.8) is 0 Å². The zero-order valence-corrected chi connectivity index (χ0v) is 19.4. The van der Waals surface area contributed by atoms with E-state index in [9.17, 15) is 8.42 Å². The van der Waals surface area contributed by atoms with E-state index in [2.05, 4.69) is 9.97 Å². The maximum atomic E-state index is 12.8. The minimum absolute atomic E-state index is 0.0816. The molecule has 1 aliphatic rings. The first-order valence-electron chi connectivity index (χ1n) is 10.6. The van der Waals surface area contributed by atoms with E-state index in [1.807, 2.05) is 32.0 Å². The number of nitrogens with two attached hydrogens (primary N) is 3. The summed E-state index contributed by atoms with van der Waals surface area (Å²) in [5.41, 5.74) is 21.8. The van der Waals surface area contributed by atoms with Crippen molar-refractivity contribution in [2.75, 3.05) is 23.8 Å². The molecule has 9 nitrogen and oxygen atoms in total. The molecular weight excluding hydrogens is 442 g/mol. The van der Waals surface area contributed by atoms with E-state index in [1.165, 1.54) is 0 Å². The molecule has 0 radical (unpaired) electrons. The van der Waals surface area contributed by atoms with Gasteiger partial charge < -0.3 is 26.1 Å². The van der Waals surface area contributed by atoms with E-state index < -0.39 is 15.4 Å². The van der Waals surface area contributed by atoms with Crippen molar-refractivity contribution in [1.29, 1.82) is 0 Å². The average Bonchev–Trinajstić information content (AvgIpc) is 3.59. The minimum Gasteiger partial charge on any atom is -0.493 e. The number of anilines is 3. The van der Waals surface area contributed by atoms with Crippen LogP contribution < -0.4 is 26.1 Å². The van der Waals surface area contributed by atoms with E-state index in [4.69, 9.17) is 26.1 Å². The second-order valence-corrected chi connectivity index (χ2v) is 9.88. The van der Waals surface area contributed by atoms with Gasteiger partial charge in [0.25, 0.3) is 0 Å². The summed E-state index contributed by atoms with van der Waals surface area (Å²) in [6, 6.07) is 9.05. The van der Waals surface area contributed by atoms with Crippen molar-refractivity contribution in [3.8, 4) is 22.6 Å². The summed E-state index contributed by atoms with van der Waals surface area (Å²) < 4.78 is 37.1. The Labute approximate surface area is 193 Å². The number of rotatable bonds is 8. The number of benzene rings is 2. The summed E-state index contributed by atoms with van der Waals surface area (Å²) in [6.07, 6.45) is 3.06. The summed E-state index contributed by atoms with van der Waals surface area (Å²) in [4.78, 5) is 8.00. The van der Waals surface area contributed by atoms with Gasteiger partial charge in [0.05, 0.1) is 17.4 Å². The van der Waals surface area contributed by atoms with Gasteiger partial charge in [-0.05, 0) is 61.6 Å². The van der Waals surface area contributed by atoms with Crippen LogP contribution in [-0.4, -0.2) is 30.2 Å². The van der Waals surface area contributed by atoms with E-state index in [-0.39, 0.29) is 17.5 Å². The monoisotopic (exact) mass is 469 g/mol. The zero-order valence-electron chi connectivity index (χ0n) is 18.5. The van der Waals surface area contributed by atoms with Crippen molar-refractivity contribution in [3.05, 3.63) is 53.2 Å². The van der Waals surface area contributed by atoms with Crippen molar-refractivity contribution in [2.45, 2.75) is 38.4 Å². The Hall–Kier alpha value is -3.53. The molecule has 1 aromatic heterocycles. The van der Waals surface area contributed by atoms with Crippen LogP contribution in [0, 0.1) is 6.92 Å². The molecule has 0 spiro atoms. The van der Waals surface area contributed by atoms with E-state index in [0.29, 0.717) is 54.0 Å². The lowest BCUT2D eigenvalue weighted by Crippen LogP contribution is -2.15. The van der Waals surface area contributed by atoms with Gasteiger partial charge in [0.1, 0.15) is 11.6 Å². The van der Waals surface area contributed by atoms with Gasteiger partial charge >= 0.3 is 10.1 Å². The fourth-order valence-corrected chi connectivity index (χ4v) is 4.73. The Morgan fingerprint density at radius 3 is 2.45 bits per heavy atom. The van der Waals surface area contributed by atoms with Crippen molar-refractivity contribution < 1.29 is 17.3 Å². The number of nitrogen functional groups attached to an aromatic ring is 3. The summed E-state index contributed by atoms with van der Waals surface area (Å²) in [7, 11) is -3.78. The Bertz CT molecular complexity index is 1310. The lowest BCUT2D eigenvalue weighted by atomic mass is 9.97. The highest BCUT2D eigenvalue weighted by Gasteiger charge is 2.38. The lowest BCUT2D eigenvalue weighted by Gasteiger charge is -2.19. The van der Waals surface area contributed by atoms with Gasteiger partial charge in [-0.15, -0.1) is 0 Å². The minimum atomic E-state index is -3.78. The molecule has 174 valence electrons. The Balaban J connectivity index is 1.86. The van der Waals surface area contributed by atoms with Gasteiger partial charge in [0, 0.05) is 23.9 Å². The number of hydrogen-bond acceptors (Lipinski definition) is 9. The Morgan fingerprint density at radius 1 is 1.09 bits per heavy atom. The summed E-state index contributed by atoms with van der Waals surface area (Å²) in [6.45, 7) is 4.13. The van der Waals surface area contributed by atoms with Crippen molar-refractivity contribution in [2.24, 2.45) is 0 Å². The van der Waals surface area contributed by atoms with Crippen LogP contribution in [0.1, 0.15) is 36.5 Å². The number of ether oxygens (including phenoxy) is 1. The largest absolute Gasteiger partial charge is 0.493 e. The van der Waals surface area contributed by atoms with E-state index in [0.717, 1.165) is 11.1 Å². The first-order chi connectivity index (χ1) is 15.7. The maximum Gasteiger partial charge on any atom is 0.312 e. The van der Waals surface area contributed by atoms with Crippen LogP contribution in [0.5, 0.6) is 11.5 Å². The molecule has 0 unspecified atom stereocenters. The predicted molar refractivity (Wildman–Crippen MR) is 128 cm³/mol. The fourth-order valence-electron chi connectivity index (χ4n) is 3.50. The normalized spacial score (nSPS) is 13.6. The highest BCUT2D eigenvalue weighted by Crippen LogP contribution is 2.43. The number of hydrogen-bond donors (Lipinski definition) is 3. The molecule has 0 aliphatic heterocycles. The van der Waals surface area contributed by atoms with Crippen LogP contribution in [0.3, 0.4) is 0 Å². The highest BCUT2D eigenvalue weighted by atomic mass is 32.2. The summed E-state index contributed by atoms with van der Waals surface area (Å²) >= 11 is 0. The third-order valence-electron chi connectivity index (χ3n) is 5.44. The van der Waals surface area contributed by atoms with Crippen LogP contribution in [0.15, 0.2) is 36.5 Å². The SMILES string of the molecule is CCOc1cc(Cc2cnc(N)nc2N)cc(OS(=O)(=O)C2CC2)c1-c1ccc(C)c(N)c1. The quantitative estimate of drug-likeness (QED) is 0.333. The third-order valence-corrected chi connectivity index (χ3v) is 7.14. The topological polar surface area (TPSA) is 156 Å². The van der Waals surface area contributed by atoms with Gasteiger partial charge in [-0.2, -0.15) is 13.4 Å². The molecule has 1 aliphatic carbocycles. The van der Waals surface area contributed by atoms with Crippen LogP contribution in [0.2, 0.25) is 0 Å². The molecule has 0 saturated heterocycles. The van der Waals surface area contributed by atoms with Crippen molar-refractivity contribution in [1.82, 2.24) is 9.97 Å². The van der Waals surface area contributed by atoms with Crippen LogP contribution >= 0.6 is 0 Å². The third kappa shape index (κ3) is 4.95. The van der Waals surface area contributed by atoms with Gasteiger partial charge in [0.2, 0.25) is 5.95 Å².